The number of nitrogens with one attached hydrogen (secondary N) is 1. The summed E-state index contributed by atoms with van der Waals surface area (Å²) in [5.41, 5.74) is 1.43. The van der Waals surface area contributed by atoms with Crippen LogP contribution in [-0.2, 0) is 6.54 Å². The van der Waals surface area contributed by atoms with E-state index in [1.54, 1.807) is 0 Å². The van der Waals surface area contributed by atoms with Gasteiger partial charge in [-0.3, -0.25) is 0 Å². The number of rotatable bonds is 4. The van der Waals surface area contributed by atoms with Crippen molar-refractivity contribution in [3.63, 3.8) is 0 Å². The molecular weight excluding hydrogens is 242 g/mol. The van der Waals surface area contributed by atoms with Gasteiger partial charge in [0.1, 0.15) is 0 Å². The van der Waals surface area contributed by atoms with Crippen LogP contribution in [0.5, 0.6) is 0 Å². The average Bonchev–Trinajstić information content (AvgIpc) is 2.53. The van der Waals surface area contributed by atoms with E-state index in [2.05, 4.69) is 54.7 Å². The molecule has 3 rings (SSSR count). The molecule has 2 aromatic carbocycles. The van der Waals surface area contributed by atoms with E-state index >= 15 is 0 Å². The highest BCUT2D eigenvalue weighted by atomic mass is 14.9. The Balaban J connectivity index is 1.73. The molecule has 0 radical (unpaired) electrons. The van der Waals surface area contributed by atoms with Crippen LogP contribution in [0.25, 0.3) is 10.8 Å². The molecule has 0 saturated heterocycles. The molecule has 1 fully saturated rings. The van der Waals surface area contributed by atoms with Crippen LogP contribution in [0.3, 0.4) is 0 Å². The maximum Gasteiger partial charge on any atom is 0.0214 e. The number of hydrogen-bond acceptors (Lipinski definition) is 1. The molecule has 0 spiro atoms. The Kier molecular flexibility index (Phi) is 4.37. The fourth-order valence-electron chi connectivity index (χ4n) is 3.65. The molecule has 1 aliphatic carbocycles. The second-order valence-corrected chi connectivity index (χ2v) is 6.08. The van der Waals surface area contributed by atoms with Crippen molar-refractivity contribution in [2.45, 2.75) is 51.6 Å². The molecule has 0 bridgehead atoms. The lowest BCUT2D eigenvalue weighted by Gasteiger charge is -2.31. The number of fused-ring (bicyclic) bond motifs is 1. The maximum absolute atomic E-state index is 3.83. The highest BCUT2D eigenvalue weighted by Gasteiger charge is 2.22. The Morgan fingerprint density at radius 2 is 1.80 bits per heavy atom. The Labute approximate surface area is 122 Å². The lowest BCUT2D eigenvalue weighted by molar-refractivity contribution is 0.254. The zero-order valence-electron chi connectivity index (χ0n) is 12.4. The molecule has 2 aromatic rings. The summed E-state index contributed by atoms with van der Waals surface area (Å²) >= 11 is 0. The van der Waals surface area contributed by atoms with Crippen molar-refractivity contribution in [3.8, 4) is 0 Å². The first-order valence-electron chi connectivity index (χ1n) is 8.08. The minimum absolute atomic E-state index is 0.715. The van der Waals surface area contributed by atoms with Gasteiger partial charge in [-0.1, -0.05) is 68.7 Å². The van der Waals surface area contributed by atoms with Crippen LogP contribution < -0.4 is 5.32 Å². The van der Waals surface area contributed by atoms with E-state index in [0.29, 0.717) is 6.04 Å². The van der Waals surface area contributed by atoms with Crippen molar-refractivity contribution in [1.82, 2.24) is 5.32 Å². The van der Waals surface area contributed by atoms with Crippen molar-refractivity contribution in [2.24, 2.45) is 5.92 Å². The summed E-state index contributed by atoms with van der Waals surface area (Å²) in [7, 11) is 0. The quantitative estimate of drug-likeness (QED) is 0.831. The lowest BCUT2D eigenvalue weighted by atomic mass is 9.83. The first-order valence-corrected chi connectivity index (χ1v) is 8.08. The second kappa shape index (κ2) is 6.41. The van der Waals surface area contributed by atoms with Gasteiger partial charge in [0.2, 0.25) is 0 Å². The molecule has 106 valence electrons. The van der Waals surface area contributed by atoms with Crippen molar-refractivity contribution < 1.29 is 0 Å². The summed E-state index contributed by atoms with van der Waals surface area (Å²) in [6.07, 6.45) is 6.88. The van der Waals surface area contributed by atoms with Crippen LogP contribution in [0, 0.1) is 5.92 Å². The van der Waals surface area contributed by atoms with Crippen LogP contribution in [0.15, 0.2) is 42.5 Å². The largest absolute Gasteiger partial charge is 0.310 e. The molecule has 0 aromatic heterocycles. The van der Waals surface area contributed by atoms with E-state index in [0.717, 1.165) is 12.5 Å². The van der Waals surface area contributed by atoms with Crippen molar-refractivity contribution in [2.75, 3.05) is 0 Å². The lowest BCUT2D eigenvalue weighted by Crippen LogP contribution is -2.37. The number of hydrogen-bond donors (Lipinski definition) is 1. The summed E-state index contributed by atoms with van der Waals surface area (Å²) in [5, 5.41) is 6.58. The van der Waals surface area contributed by atoms with Crippen LogP contribution in [0.1, 0.15) is 44.6 Å². The van der Waals surface area contributed by atoms with Gasteiger partial charge in [0.25, 0.3) is 0 Å². The second-order valence-electron chi connectivity index (χ2n) is 6.08. The molecule has 2 unspecified atom stereocenters. The van der Waals surface area contributed by atoms with Crippen LogP contribution >= 0.6 is 0 Å². The smallest absolute Gasteiger partial charge is 0.0214 e. The predicted octanol–water partition coefficient (Wildman–Crippen LogP) is 4.90. The molecule has 2 atom stereocenters. The highest BCUT2D eigenvalue weighted by Crippen LogP contribution is 2.27. The third-order valence-electron chi connectivity index (χ3n) is 4.87. The highest BCUT2D eigenvalue weighted by molar-refractivity contribution is 5.85. The van der Waals surface area contributed by atoms with Gasteiger partial charge >= 0.3 is 0 Å². The van der Waals surface area contributed by atoms with Crippen LogP contribution in [0.4, 0.5) is 0 Å². The monoisotopic (exact) mass is 267 g/mol. The fraction of sp³-hybridized carbons (Fsp3) is 0.474. The van der Waals surface area contributed by atoms with Gasteiger partial charge in [0, 0.05) is 12.6 Å². The molecule has 1 aliphatic rings. The fourth-order valence-corrected chi connectivity index (χ4v) is 3.65. The zero-order valence-corrected chi connectivity index (χ0v) is 12.4. The molecule has 0 aliphatic heterocycles. The topological polar surface area (TPSA) is 12.0 Å². The van der Waals surface area contributed by atoms with Gasteiger partial charge in [0.15, 0.2) is 0 Å². The van der Waals surface area contributed by atoms with Gasteiger partial charge in [-0.05, 0) is 35.1 Å². The third-order valence-corrected chi connectivity index (χ3v) is 4.87. The van der Waals surface area contributed by atoms with Crippen molar-refractivity contribution in [3.05, 3.63) is 48.0 Å². The Morgan fingerprint density at radius 1 is 1.00 bits per heavy atom. The minimum Gasteiger partial charge on any atom is -0.310 e. The van der Waals surface area contributed by atoms with Gasteiger partial charge in [-0.25, -0.2) is 0 Å². The van der Waals surface area contributed by atoms with Crippen LogP contribution in [0.2, 0.25) is 0 Å². The number of benzene rings is 2. The van der Waals surface area contributed by atoms with Crippen LogP contribution in [-0.4, -0.2) is 6.04 Å². The molecule has 20 heavy (non-hydrogen) atoms. The summed E-state index contributed by atoms with van der Waals surface area (Å²) in [6.45, 7) is 3.34. The van der Waals surface area contributed by atoms with Crippen molar-refractivity contribution >= 4 is 10.8 Å². The van der Waals surface area contributed by atoms with E-state index in [9.17, 15) is 0 Å². The Morgan fingerprint density at radius 3 is 2.70 bits per heavy atom. The van der Waals surface area contributed by atoms with Gasteiger partial charge < -0.3 is 5.32 Å². The Bertz CT molecular complexity index is 555. The maximum atomic E-state index is 3.83. The summed E-state index contributed by atoms with van der Waals surface area (Å²) < 4.78 is 0. The normalized spacial score (nSPS) is 23.1. The molecule has 1 heteroatoms. The van der Waals surface area contributed by atoms with Crippen molar-refractivity contribution in [1.29, 1.82) is 0 Å². The standard InChI is InChI=1S/C19H25N/c1-2-15-8-4-6-13-19(15)20-14-17-11-7-10-16-9-3-5-12-18(16)17/h3,5,7,9-12,15,19-20H,2,4,6,8,13-14H2,1H3. The first-order chi connectivity index (χ1) is 9.88. The van der Waals surface area contributed by atoms with E-state index in [1.165, 1.54) is 48.4 Å². The summed E-state index contributed by atoms with van der Waals surface area (Å²) in [5.74, 6) is 0.874. The van der Waals surface area contributed by atoms with Gasteiger partial charge in [0.05, 0.1) is 0 Å². The molecule has 0 heterocycles. The molecule has 1 saturated carbocycles. The molecular formula is C19H25N. The van der Waals surface area contributed by atoms with E-state index in [1.807, 2.05) is 0 Å². The summed E-state index contributed by atoms with van der Waals surface area (Å²) in [4.78, 5) is 0. The van der Waals surface area contributed by atoms with Gasteiger partial charge in [-0.2, -0.15) is 0 Å². The summed E-state index contributed by atoms with van der Waals surface area (Å²) in [6, 6.07) is 16.1. The Hall–Kier alpha value is -1.34. The third kappa shape index (κ3) is 2.88. The molecule has 0 amide bonds. The van der Waals surface area contributed by atoms with E-state index < -0.39 is 0 Å². The molecule has 1 N–H and O–H groups in total. The van der Waals surface area contributed by atoms with E-state index in [-0.39, 0.29) is 0 Å². The zero-order chi connectivity index (χ0) is 13.8. The molecule has 1 nitrogen and oxygen atoms in total. The van der Waals surface area contributed by atoms with Gasteiger partial charge in [-0.15, -0.1) is 0 Å². The first kappa shape index (κ1) is 13.6. The minimum atomic E-state index is 0.715. The predicted molar refractivity (Wildman–Crippen MR) is 86.8 cm³/mol. The average molecular weight is 267 g/mol. The van der Waals surface area contributed by atoms with E-state index in [4.69, 9.17) is 0 Å². The SMILES string of the molecule is CCC1CCCCC1NCc1cccc2ccccc12.